The maximum absolute atomic E-state index is 13.6. The fourth-order valence-electron chi connectivity index (χ4n) is 5.17. The first-order valence-corrected chi connectivity index (χ1v) is 16.4. The Labute approximate surface area is 283 Å². The van der Waals surface area contributed by atoms with Gasteiger partial charge < -0.3 is 36.2 Å². The summed E-state index contributed by atoms with van der Waals surface area (Å²) in [5, 5.41) is 31.7. The van der Waals surface area contributed by atoms with Crippen LogP contribution in [0.25, 0.3) is 0 Å². The molecule has 12 heteroatoms. The summed E-state index contributed by atoms with van der Waals surface area (Å²) >= 11 is 0. The minimum atomic E-state index is -1.36. The van der Waals surface area contributed by atoms with Gasteiger partial charge in [-0.2, -0.15) is 0 Å². The van der Waals surface area contributed by atoms with Crippen LogP contribution in [0.1, 0.15) is 65.5 Å². The molecule has 0 saturated heterocycles. The van der Waals surface area contributed by atoms with E-state index in [4.69, 9.17) is 4.74 Å². The molecule has 2 aromatic rings. The van der Waals surface area contributed by atoms with Crippen LogP contribution in [-0.2, 0) is 36.8 Å². The molecular weight excluding hydrogens is 616 g/mol. The van der Waals surface area contributed by atoms with Gasteiger partial charge in [-0.3, -0.25) is 19.2 Å². The van der Waals surface area contributed by atoms with E-state index in [2.05, 4.69) is 21.3 Å². The van der Waals surface area contributed by atoms with Gasteiger partial charge in [0, 0.05) is 0 Å². The lowest BCUT2D eigenvalue weighted by atomic mass is 9.95. The van der Waals surface area contributed by atoms with E-state index >= 15 is 0 Å². The molecule has 4 amide bonds. The highest BCUT2D eigenvalue weighted by Crippen LogP contribution is 2.15. The van der Waals surface area contributed by atoms with Gasteiger partial charge in [0.1, 0.15) is 23.9 Å². The van der Waals surface area contributed by atoms with Crippen LogP contribution in [0.5, 0.6) is 5.75 Å². The fourth-order valence-corrected chi connectivity index (χ4v) is 5.17. The molecule has 6 N–H and O–H groups in total. The number of amides is 4. The van der Waals surface area contributed by atoms with Crippen molar-refractivity contribution in [2.24, 2.45) is 17.8 Å². The van der Waals surface area contributed by atoms with E-state index in [1.165, 1.54) is 7.11 Å². The van der Waals surface area contributed by atoms with Crippen molar-refractivity contribution >= 4 is 29.6 Å². The van der Waals surface area contributed by atoms with Crippen LogP contribution in [0.4, 0.5) is 0 Å². The first kappa shape index (κ1) is 39.7. The Morgan fingerprint density at radius 2 is 1.31 bits per heavy atom. The van der Waals surface area contributed by atoms with Crippen LogP contribution in [0.15, 0.2) is 54.6 Å². The van der Waals surface area contributed by atoms with Crippen molar-refractivity contribution in [1.82, 2.24) is 21.3 Å². The molecule has 0 aliphatic rings. The van der Waals surface area contributed by atoms with Gasteiger partial charge in [0.05, 0.1) is 32.1 Å². The van der Waals surface area contributed by atoms with Gasteiger partial charge in [0.25, 0.3) is 0 Å². The van der Waals surface area contributed by atoms with E-state index in [9.17, 15) is 34.2 Å². The average Bonchev–Trinajstić information content (AvgIpc) is 3.04. The third kappa shape index (κ3) is 12.6. The van der Waals surface area contributed by atoms with Crippen molar-refractivity contribution in [2.45, 2.75) is 97.5 Å². The molecule has 0 fully saturated rings. The van der Waals surface area contributed by atoms with E-state index in [1.807, 2.05) is 37.3 Å². The molecular formula is C36H52N4O8. The van der Waals surface area contributed by atoms with Crippen LogP contribution in [-0.4, -0.2) is 77.2 Å². The largest absolute Gasteiger partial charge is 0.497 e. The van der Waals surface area contributed by atoms with E-state index in [-0.39, 0.29) is 36.5 Å². The summed E-state index contributed by atoms with van der Waals surface area (Å²) in [6.07, 6.45) is -1.07. The van der Waals surface area contributed by atoms with Crippen LogP contribution < -0.4 is 26.0 Å². The first-order valence-electron chi connectivity index (χ1n) is 16.4. The van der Waals surface area contributed by atoms with Gasteiger partial charge in [-0.15, -0.1) is 0 Å². The minimum absolute atomic E-state index is 0.0270. The van der Waals surface area contributed by atoms with Crippen molar-refractivity contribution in [1.29, 1.82) is 0 Å². The molecule has 0 bridgehead atoms. The second-order valence-corrected chi connectivity index (χ2v) is 12.9. The summed E-state index contributed by atoms with van der Waals surface area (Å²) in [4.78, 5) is 64.6. The Morgan fingerprint density at radius 1 is 0.729 bits per heavy atom. The predicted molar refractivity (Wildman–Crippen MR) is 182 cm³/mol. The highest BCUT2D eigenvalue weighted by atomic mass is 16.5. The molecule has 264 valence electrons. The van der Waals surface area contributed by atoms with E-state index < -0.39 is 60.4 Å². The summed E-state index contributed by atoms with van der Waals surface area (Å²) in [7, 11) is 1.54. The number of rotatable bonds is 19. The van der Waals surface area contributed by atoms with Crippen molar-refractivity contribution in [3.8, 4) is 5.75 Å². The third-order valence-electron chi connectivity index (χ3n) is 8.29. The Balaban J connectivity index is 2.21. The van der Waals surface area contributed by atoms with Gasteiger partial charge in [-0.05, 0) is 47.4 Å². The number of carbonyl (C=O) groups excluding carboxylic acids is 4. The standard InChI is InChI=1S/C36H52N4O8/c1-8-23(6)33(35(45)40-32(22(4)5)36(46)47)39-30(43)20-28(41)27(18-24-13-10-9-11-14-24)37-34(44)31(21(2)3)38-29(42)19-25-15-12-16-26(17-25)48-7/h9-17,21-23,27-28,31-33,41H,8,18-20H2,1-7H3,(H,37,44)(H,38,42)(H,39,43)(H,40,45)(H,46,47). The second-order valence-electron chi connectivity index (χ2n) is 12.9. The number of carboxylic acid groups (broad SMARTS) is 1. The molecule has 2 aromatic carbocycles. The Hall–Kier alpha value is -4.45. The predicted octanol–water partition coefficient (Wildman–Crippen LogP) is 2.61. The molecule has 48 heavy (non-hydrogen) atoms. The Kier molecular flexibility index (Phi) is 16.0. The van der Waals surface area contributed by atoms with Crippen LogP contribution in [0.2, 0.25) is 0 Å². The number of ether oxygens (including phenoxy) is 1. The number of hydrogen-bond acceptors (Lipinski definition) is 7. The lowest BCUT2D eigenvalue weighted by Gasteiger charge is -2.30. The summed E-state index contributed by atoms with van der Waals surface area (Å²) in [5.74, 6) is -3.75. The normalized spacial score (nSPS) is 15.0. The maximum Gasteiger partial charge on any atom is 0.326 e. The zero-order chi connectivity index (χ0) is 36.0. The van der Waals surface area contributed by atoms with E-state index in [0.717, 1.165) is 5.56 Å². The molecule has 0 aliphatic carbocycles. The number of methoxy groups -OCH3 is 1. The number of aliphatic hydroxyl groups excluding tert-OH is 1. The molecule has 0 spiro atoms. The van der Waals surface area contributed by atoms with Crippen molar-refractivity contribution in [2.75, 3.05) is 7.11 Å². The minimum Gasteiger partial charge on any atom is -0.497 e. The van der Waals surface area contributed by atoms with Gasteiger partial charge >= 0.3 is 5.97 Å². The first-order chi connectivity index (χ1) is 22.7. The van der Waals surface area contributed by atoms with Gasteiger partial charge in [-0.25, -0.2) is 4.79 Å². The molecule has 0 radical (unpaired) electrons. The third-order valence-corrected chi connectivity index (χ3v) is 8.29. The SMILES string of the molecule is CCC(C)C(NC(=O)CC(O)C(Cc1ccccc1)NC(=O)C(NC(=O)Cc1cccc(OC)c1)C(C)C)C(=O)NC(C(=O)O)C(C)C. The molecule has 0 aliphatic heterocycles. The Morgan fingerprint density at radius 3 is 1.88 bits per heavy atom. The lowest BCUT2D eigenvalue weighted by molar-refractivity contribution is -0.143. The number of benzene rings is 2. The van der Waals surface area contributed by atoms with Crippen LogP contribution in [0, 0.1) is 17.8 Å². The maximum atomic E-state index is 13.6. The topological polar surface area (TPSA) is 183 Å². The van der Waals surface area contributed by atoms with Crippen molar-refractivity contribution in [3.63, 3.8) is 0 Å². The van der Waals surface area contributed by atoms with Crippen molar-refractivity contribution < 1.29 is 38.9 Å². The number of carbonyl (C=O) groups is 5. The average molecular weight is 669 g/mol. The summed E-state index contributed by atoms with van der Waals surface area (Å²) in [6.45, 7) is 10.5. The van der Waals surface area contributed by atoms with Crippen molar-refractivity contribution in [3.05, 3.63) is 65.7 Å². The van der Waals surface area contributed by atoms with Crippen LogP contribution >= 0.6 is 0 Å². The molecule has 12 nitrogen and oxygen atoms in total. The molecule has 0 saturated carbocycles. The molecule has 0 aromatic heterocycles. The molecule has 2 rings (SSSR count). The summed E-state index contributed by atoms with van der Waals surface area (Å²) < 4.78 is 5.23. The number of aliphatic carboxylic acids is 1. The fraction of sp³-hybridized carbons (Fsp3) is 0.528. The van der Waals surface area contributed by atoms with Gasteiger partial charge in [0.15, 0.2) is 0 Å². The zero-order valence-electron chi connectivity index (χ0n) is 29.0. The van der Waals surface area contributed by atoms with Crippen LogP contribution in [0.3, 0.4) is 0 Å². The quantitative estimate of drug-likeness (QED) is 0.132. The molecule has 6 atom stereocenters. The number of aliphatic hydroxyl groups is 1. The van der Waals surface area contributed by atoms with E-state index in [0.29, 0.717) is 17.7 Å². The summed E-state index contributed by atoms with van der Waals surface area (Å²) in [5.41, 5.74) is 1.51. The zero-order valence-corrected chi connectivity index (χ0v) is 29.0. The highest BCUT2D eigenvalue weighted by Gasteiger charge is 2.33. The second kappa shape index (κ2) is 19.4. The number of hydrogen-bond donors (Lipinski definition) is 6. The Bertz CT molecular complexity index is 1370. The smallest absolute Gasteiger partial charge is 0.326 e. The van der Waals surface area contributed by atoms with Gasteiger partial charge in [-0.1, -0.05) is 90.4 Å². The number of carboxylic acids is 1. The van der Waals surface area contributed by atoms with Gasteiger partial charge in [0.2, 0.25) is 23.6 Å². The number of nitrogens with one attached hydrogen (secondary N) is 4. The van der Waals surface area contributed by atoms with E-state index in [1.54, 1.807) is 58.9 Å². The highest BCUT2D eigenvalue weighted by molar-refractivity contribution is 5.91. The lowest BCUT2D eigenvalue weighted by Crippen LogP contribution is -2.57. The molecule has 6 unspecified atom stereocenters. The monoisotopic (exact) mass is 668 g/mol. The molecule has 0 heterocycles. The summed E-state index contributed by atoms with van der Waals surface area (Å²) in [6, 6.07) is 12.2.